The maximum Gasteiger partial charge on any atom is 0.321 e. The molecule has 6 heteroatoms. The van der Waals surface area contributed by atoms with Gasteiger partial charge in [-0.3, -0.25) is 0 Å². The van der Waals surface area contributed by atoms with Gasteiger partial charge >= 0.3 is 6.03 Å². The first-order valence-electron chi connectivity index (χ1n) is 9.21. The summed E-state index contributed by atoms with van der Waals surface area (Å²) < 4.78 is 17.0. The second-order valence-electron chi connectivity index (χ2n) is 6.55. The van der Waals surface area contributed by atoms with Gasteiger partial charge < -0.3 is 24.4 Å². The Balaban J connectivity index is 1.67. The van der Waals surface area contributed by atoms with Crippen molar-refractivity contribution in [2.75, 3.05) is 32.6 Å². The highest BCUT2D eigenvalue weighted by atomic mass is 16.5. The molecule has 1 unspecified atom stereocenters. The van der Waals surface area contributed by atoms with Crippen molar-refractivity contribution in [1.82, 2.24) is 4.90 Å². The molecule has 144 valence electrons. The third kappa shape index (κ3) is 5.14. The van der Waals surface area contributed by atoms with Crippen LogP contribution >= 0.6 is 0 Å². The van der Waals surface area contributed by atoms with E-state index in [1.807, 2.05) is 48.5 Å². The van der Waals surface area contributed by atoms with Crippen molar-refractivity contribution in [3.8, 4) is 17.2 Å². The smallest absolute Gasteiger partial charge is 0.321 e. The Kier molecular flexibility index (Phi) is 6.54. The number of carbonyl (C=O) groups is 1. The van der Waals surface area contributed by atoms with Crippen LogP contribution in [0.3, 0.4) is 0 Å². The van der Waals surface area contributed by atoms with Crippen molar-refractivity contribution in [3.05, 3.63) is 48.5 Å². The Morgan fingerprint density at radius 2 is 1.81 bits per heavy atom. The molecule has 3 rings (SSSR count). The Bertz CT molecular complexity index is 759. The molecular weight excluding hydrogens is 344 g/mol. The molecule has 1 N–H and O–H groups in total. The lowest BCUT2D eigenvalue weighted by Gasteiger charge is -2.27. The van der Waals surface area contributed by atoms with E-state index < -0.39 is 0 Å². The largest absolute Gasteiger partial charge is 0.493 e. The molecule has 0 spiro atoms. The maximum atomic E-state index is 12.6. The molecule has 0 aromatic heterocycles. The first-order valence-corrected chi connectivity index (χ1v) is 9.21. The standard InChI is InChI=1S/C21H26N2O4/c1-23(15-16-9-7-8-14-26-16)21(24)22-17-10-3-4-11-18(17)27-20-13-6-5-12-19(20)25-2/h3-6,10-13,16H,7-9,14-15H2,1-2H3,(H,22,24). The second kappa shape index (κ2) is 9.28. The Morgan fingerprint density at radius 1 is 1.11 bits per heavy atom. The molecule has 1 aliphatic rings. The number of nitrogens with one attached hydrogen (secondary N) is 1. The lowest BCUT2D eigenvalue weighted by Crippen LogP contribution is -2.39. The van der Waals surface area contributed by atoms with Crippen LogP contribution in [0.1, 0.15) is 19.3 Å². The number of amides is 2. The summed E-state index contributed by atoms with van der Waals surface area (Å²) in [5.74, 6) is 1.77. The number of hydrogen-bond acceptors (Lipinski definition) is 4. The lowest BCUT2D eigenvalue weighted by atomic mass is 10.1. The van der Waals surface area contributed by atoms with E-state index in [0.29, 0.717) is 29.5 Å². The summed E-state index contributed by atoms with van der Waals surface area (Å²) >= 11 is 0. The fourth-order valence-corrected chi connectivity index (χ4v) is 3.03. The van der Waals surface area contributed by atoms with Gasteiger partial charge in [-0.05, 0) is 43.5 Å². The Labute approximate surface area is 160 Å². The van der Waals surface area contributed by atoms with Crippen LogP contribution in [0.4, 0.5) is 10.5 Å². The highest BCUT2D eigenvalue weighted by molar-refractivity contribution is 5.90. The number of carbonyl (C=O) groups excluding carboxylic acids is 1. The van der Waals surface area contributed by atoms with Crippen LogP contribution in [0.15, 0.2) is 48.5 Å². The number of nitrogens with zero attached hydrogens (tertiary/aromatic N) is 1. The van der Waals surface area contributed by atoms with Gasteiger partial charge in [-0.25, -0.2) is 4.79 Å². The van der Waals surface area contributed by atoms with Crippen LogP contribution in [-0.4, -0.2) is 44.3 Å². The summed E-state index contributed by atoms with van der Waals surface area (Å²) in [4.78, 5) is 14.2. The molecule has 6 nitrogen and oxygen atoms in total. The van der Waals surface area contributed by atoms with Crippen molar-refractivity contribution < 1.29 is 19.0 Å². The van der Waals surface area contributed by atoms with Gasteiger partial charge in [0, 0.05) is 20.2 Å². The van der Waals surface area contributed by atoms with E-state index in [0.717, 1.165) is 25.9 Å². The second-order valence-corrected chi connectivity index (χ2v) is 6.55. The normalized spacial score (nSPS) is 16.4. The van der Waals surface area contributed by atoms with E-state index in [1.54, 1.807) is 19.1 Å². The fourth-order valence-electron chi connectivity index (χ4n) is 3.03. The van der Waals surface area contributed by atoms with Gasteiger partial charge in [-0.1, -0.05) is 24.3 Å². The van der Waals surface area contributed by atoms with Crippen LogP contribution < -0.4 is 14.8 Å². The van der Waals surface area contributed by atoms with Crippen LogP contribution in [0.5, 0.6) is 17.2 Å². The van der Waals surface area contributed by atoms with Gasteiger partial charge in [-0.15, -0.1) is 0 Å². The van der Waals surface area contributed by atoms with Crippen molar-refractivity contribution in [2.24, 2.45) is 0 Å². The van der Waals surface area contributed by atoms with Crippen LogP contribution in [0.25, 0.3) is 0 Å². The number of likely N-dealkylation sites (N-methyl/N-ethyl adjacent to an activating group) is 1. The van der Waals surface area contributed by atoms with Crippen LogP contribution in [0, 0.1) is 0 Å². The molecule has 1 atom stereocenters. The van der Waals surface area contributed by atoms with E-state index >= 15 is 0 Å². The summed E-state index contributed by atoms with van der Waals surface area (Å²) in [5.41, 5.74) is 0.602. The number of benzene rings is 2. The molecule has 2 amide bonds. The zero-order valence-electron chi connectivity index (χ0n) is 15.8. The minimum absolute atomic E-state index is 0.106. The van der Waals surface area contributed by atoms with E-state index in [9.17, 15) is 4.79 Å². The monoisotopic (exact) mass is 370 g/mol. The van der Waals surface area contributed by atoms with Crippen molar-refractivity contribution in [2.45, 2.75) is 25.4 Å². The van der Waals surface area contributed by atoms with Gasteiger partial charge in [0.2, 0.25) is 0 Å². The number of methoxy groups -OCH3 is 1. The number of para-hydroxylation sites is 4. The summed E-state index contributed by atoms with van der Waals surface area (Å²) in [5, 5.41) is 2.92. The predicted octanol–water partition coefficient (Wildman–Crippen LogP) is 4.52. The molecular formula is C21H26N2O4. The molecule has 1 fully saturated rings. The van der Waals surface area contributed by atoms with Crippen LogP contribution in [0.2, 0.25) is 0 Å². The first-order chi connectivity index (χ1) is 13.2. The number of anilines is 1. The predicted molar refractivity (Wildman–Crippen MR) is 105 cm³/mol. The third-order valence-corrected chi connectivity index (χ3v) is 4.52. The number of rotatable bonds is 6. The summed E-state index contributed by atoms with van der Waals surface area (Å²) in [6.45, 7) is 1.34. The maximum absolute atomic E-state index is 12.6. The van der Waals surface area contributed by atoms with Gasteiger partial charge in [0.25, 0.3) is 0 Å². The van der Waals surface area contributed by atoms with Crippen molar-refractivity contribution in [3.63, 3.8) is 0 Å². The molecule has 0 aliphatic carbocycles. The molecule has 0 saturated carbocycles. The van der Waals surface area contributed by atoms with E-state index in [2.05, 4.69) is 5.32 Å². The van der Waals surface area contributed by atoms with Gasteiger partial charge in [0.15, 0.2) is 17.2 Å². The summed E-state index contributed by atoms with van der Waals surface area (Å²) in [6, 6.07) is 14.5. The molecule has 0 radical (unpaired) electrons. The number of urea groups is 1. The van der Waals surface area contributed by atoms with Gasteiger partial charge in [0.1, 0.15) is 0 Å². The quantitative estimate of drug-likeness (QED) is 0.812. The summed E-state index contributed by atoms with van der Waals surface area (Å²) in [7, 11) is 3.37. The number of ether oxygens (including phenoxy) is 3. The highest BCUT2D eigenvalue weighted by Crippen LogP contribution is 2.34. The lowest BCUT2D eigenvalue weighted by molar-refractivity contribution is 0.00463. The first kappa shape index (κ1) is 19.0. The average molecular weight is 370 g/mol. The minimum Gasteiger partial charge on any atom is -0.493 e. The van der Waals surface area contributed by atoms with Crippen molar-refractivity contribution in [1.29, 1.82) is 0 Å². The average Bonchev–Trinajstić information content (AvgIpc) is 2.70. The highest BCUT2D eigenvalue weighted by Gasteiger charge is 2.19. The Morgan fingerprint density at radius 3 is 2.52 bits per heavy atom. The van der Waals surface area contributed by atoms with Crippen LogP contribution in [-0.2, 0) is 4.74 Å². The molecule has 1 heterocycles. The van der Waals surface area contributed by atoms with Crippen molar-refractivity contribution >= 4 is 11.7 Å². The van der Waals surface area contributed by atoms with E-state index in [4.69, 9.17) is 14.2 Å². The Hall–Kier alpha value is -2.73. The van der Waals surface area contributed by atoms with Gasteiger partial charge in [-0.2, -0.15) is 0 Å². The molecule has 1 saturated heterocycles. The fraction of sp³-hybridized carbons (Fsp3) is 0.381. The van der Waals surface area contributed by atoms with E-state index in [1.165, 1.54) is 0 Å². The summed E-state index contributed by atoms with van der Waals surface area (Å²) in [6.07, 6.45) is 3.34. The SMILES string of the molecule is COc1ccccc1Oc1ccccc1NC(=O)N(C)CC1CCCCO1. The molecule has 1 aliphatic heterocycles. The topological polar surface area (TPSA) is 60.0 Å². The molecule has 27 heavy (non-hydrogen) atoms. The van der Waals surface area contributed by atoms with E-state index in [-0.39, 0.29) is 12.1 Å². The minimum atomic E-state index is -0.194. The van der Waals surface area contributed by atoms with Gasteiger partial charge in [0.05, 0.1) is 18.9 Å². The molecule has 2 aromatic rings. The number of hydrogen-bond donors (Lipinski definition) is 1. The third-order valence-electron chi connectivity index (χ3n) is 4.52. The zero-order chi connectivity index (χ0) is 19.1. The molecule has 2 aromatic carbocycles. The zero-order valence-corrected chi connectivity index (χ0v) is 15.8. The molecule has 0 bridgehead atoms.